The Morgan fingerprint density at radius 3 is 2.38 bits per heavy atom. The second-order valence-electron chi connectivity index (χ2n) is 4.85. The van der Waals surface area contributed by atoms with Crippen LogP contribution in [0.2, 0.25) is 0 Å². The first-order valence-corrected chi connectivity index (χ1v) is 8.20. The Balaban J connectivity index is 2.39. The predicted molar refractivity (Wildman–Crippen MR) is 84.2 cm³/mol. The lowest BCUT2D eigenvalue weighted by molar-refractivity contribution is 0.228. The van der Waals surface area contributed by atoms with Crippen molar-refractivity contribution in [3.8, 4) is 0 Å². The molecule has 5 nitrogen and oxygen atoms in total. The number of aliphatic hydroxyl groups excluding tert-OH is 1. The van der Waals surface area contributed by atoms with E-state index in [2.05, 4.69) is 4.98 Å². The number of aromatic nitrogens is 1. The molecule has 1 aromatic heterocycles. The SMILES string of the molecule is CO[P@@](=O)(c1ccc(N(C)C)cc1)[C@H](O)c1cccnc1. The van der Waals surface area contributed by atoms with E-state index in [0.717, 1.165) is 5.69 Å². The highest BCUT2D eigenvalue weighted by Gasteiger charge is 2.35. The van der Waals surface area contributed by atoms with Crippen LogP contribution in [0.1, 0.15) is 11.4 Å². The number of pyridine rings is 1. The topological polar surface area (TPSA) is 62.7 Å². The third kappa shape index (κ3) is 3.16. The molecule has 0 spiro atoms. The van der Waals surface area contributed by atoms with Crippen LogP contribution in [0.25, 0.3) is 0 Å². The van der Waals surface area contributed by atoms with E-state index in [-0.39, 0.29) is 0 Å². The van der Waals surface area contributed by atoms with Crippen molar-refractivity contribution >= 4 is 18.4 Å². The van der Waals surface area contributed by atoms with Gasteiger partial charge in [-0.15, -0.1) is 0 Å². The van der Waals surface area contributed by atoms with E-state index in [1.807, 2.05) is 31.1 Å². The molecule has 0 saturated carbocycles. The number of anilines is 1. The first kappa shape index (κ1) is 15.7. The number of rotatable bonds is 5. The largest absolute Gasteiger partial charge is 0.378 e. The van der Waals surface area contributed by atoms with Gasteiger partial charge in [-0.2, -0.15) is 0 Å². The number of nitrogens with zero attached hydrogens (tertiary/aromatic N) is 2. The van der Waals surface area contributed by atoms with Gasteiger partial charge in [0.2, 0.25) is 0 Å². The van der Waals surface area contributed by atoms with E-state index >= 15 is 0 Å². The summed E-state index contributed by atoms with van der Waals surface area (Å²) in [6.07, 6.45) is 3.09. The van der Waals surface area contributed by atoms with Crippen LogP contribution in [-0.2, 0) is 9.09 Å². The molecule has 0 aliphatic carbocycles. The second-order valence-corrected chi connectivity index (χ2v) is 7.42. The van der Waals surface area contributed by atoms with Gasteiger partial charge < -0.3 is 14.5 Å². The van der Waals surface area contributed by atoms with Crippen molar-refractivity contribution in [1.29, 1.82) is 0 Å². The highest BCUT2D eigenvalue weighted by molar-refractivity contribution is 7.67. The first-order chi connectivity index (χ1) is 9.99. The van der Waals surface area contributed by atoms with Crippen LogP contribution in [0.15, 0.2) is 48.8 Å². The molecule has 21 heavy (non-hydrogen) atoms. The minimum Gasteiger partial charge on any atom is -0.378 e. The zero-order valence-electron chi connectivity index (χ0n) is 12.3. The predicted octanol–water partition coefficient (Wildman–Crippen LogP) is 2.39. The van der Waals surface area contributed by atoms with E-state index in [4.69, 9.17) is 4.52 Å². The molecule has 0 amide bonds. The summed E-state index contributed by atoms with van der Waals surface area (Å²) in [7, 11) is 1.78. The van der Waals surface area contributed by atoms with E-state index < -0.39 is 13.2 Å². The van der Waals surface area contributed by atoms with Gasteiger partial charge in [0.15, 0.2) is 5.85 Å². The third-order valence-corrected chi connectivity index (χ3v) is 5.80. The second kappa shape index (κ2) is 6.39. The molecule has 112 valence electrons. The van der Waals surface area contributed by atoms with Crippen LogP contribution >= 0.6 is 7.37 Å². The molecular formula is C15H19N2O3P. The van der Waals surface area contributed by atoms with Crippen molar-refractivity contribution < 1.29 is 14.2 Å². The average Bonchev–Trinajstić information content (AvgIpc) is 2.54. The average molecular weight is 306 g/mol. The molecular weight excluding hydrogens is 287 g/mol. The minimum atomic E-state index is -3.42. The van der Waals surface area contributed by atoms with Gasteiger partial charge in [-0.05, 0) is 30.3 Å². The van der Waals surface area contributed by atoms with Crippen LogP contribution in [0.5, 0.6) is 0 Å². The molecule has 1 heterocycles. The van der Waals surface area contributed by atoms with Gasteiger partial charge in [-0.1, -0.05) is 6.07 Å². The Morgan fingerprint density at radius 1 is 1.24 bits per heavy atom. The molecule has 0 aliphatic rings. The van der Waals surface area contributed by atoms with Gasteiger partial charge in [-0.3, -0.25) is 9.55 Å². The fourth-order valence-electron chi connectivity index (χ4n) is 2.03. The monoisotopic (exact) mass is 306 g/mol. The van der Waals surface area contributed by atoms with Crippen molar-refractivity contribution in [2.45, 2.75) is 5.85 Å². The van der Waals surface area contributed by atoms with E-state index in [0.29, 0.717) is 10.9 Å². The van der Waals surface area contributed by atoms with Gasteiger partial charge in [0.25, 0.3) is 7.37 Å². The quantitative estimate of drug-likeness (QED) is 0.859. The molecule has 0 bridgehead atoms. The Kier molecular flexibility index (Phi) is 4.78. The minimum absolute atomic E-state index is 0.472. The summed E-state index contributed by atoms with van der Waals surface area (Å²) in [6, 6.07) is 10.5. The number of aliphatic hydroxyl groups is 1. The van der Waals surface area contributed by atoms with Crippen molar-refractivity contribution in [2.75, 3.05) is 26.1 Å². The van der Waals surface area contributed by atoms with Gasteiger partial charge in [0, 0.05) is 50.2 Å². The standard InChI is InChI=1S/C15H19N2O3P/c1-17(2)13-6-8-14(9-7-13)21(19,20-3)15(18)12-5-4-10-16-11-12/h4-11,15,18H,1-3H3/t15-,21-/m0/s1. The molecule has 0 aliphatic heterocycles. The summed E-state index contributed by atoms with van der Waals surface area (Å²) >= 11 is 0. The smallest absolute Gasteiger partial charge is 0.263 e. The molecule has 2 atom stereocenters. The van der Waals surface area contributed by atoms with Gasteiger partial charge in [0.1, 0.15) is 0 Å². The van der Waals surface area contributed by atoms with Crippen LogP contribution in [0, 0.1) is 0 Å². The fraction of sp³-hybridized carbons (Fsp3) is 0.267. The number of hydrogen-bond donors (Lipinski definition) is 1. The maximum absolute atomic E-state index is 13.1. The zero-order chi connectivity index (χ0) is 15.5. The summed E-state index contributed by atoms with van der Waals surface area (Å²) in [6.45, 7) is 0. The Hall–Kier alpha value is -1.68. The van der Waals surface area contributed by atoms with Crippen molar-refractivity contribution in [3.63, 3.8) is 0 Å². The fourth-order valence-corrected chi connectivity index (χ4v) is 3.83. The molecule has 0 saturated heterocycles. The Morgan fingerprint density at radius 2 is 1.90 bits per heavy atom. The Bertz CT molecular complexity index is 629. The lowest BCUT2D eigenvalue weighted by Crippen LogP contribution is -2.15. The molecule has 2 rings (SSSR count). The van der Waals surface area contributed by atoms with Crippen molar-refractivity contribution in [3.05, 3.63) is 54.4 Å². The summed E-state index contributed by atoms with van der Waals surface area (Å²) in [5, 5.41) is 10.9. The lowest BCUT2D eigenvalue weighted by Gasteiger charge is -2.23. The maximum Gasteiger partial charge on any atom is 0.263 e. The number of hydrogen-bond acceptors (Lipinski definition) is 5. The van der Waals surface area contributed by atoms with Gasteiger partial charge >= 0.3 is 0 Å². The Labute approximate surface area is 124 Å². The van der Waals surface area contributed by atoms with E-state index in [1.54, 1.807) is 30.5 Å². The molecule has 0 fully saturated rings. The van der Waals surface area contributed by atoms with Gasteiger partial charge in [0.05, 0.1) is 0 Å². The van der Waals surface area contributed by atoms with Crippen molar-refractivity contribution in [1.82, 2.24) is 4.98 Å². The molecule has 1 aromatic carbocycles. The lowest BCUT2D eigenvalue weighted by atomic mass is 10.3. The highest BCUT2D eigenvalue weighted by Crippen LogP contribution is 2.56. The summed E-state index contributed by atoms with van der Waals surface area (Å²) in [5.74, 6) is -1.23. The molecule has 0 radical (unpaired) electrons. The molecule has 6 heteroatoms. The van der Waals surface area contributed by atoms with E-state index in [9.17, 15) is 9.67 Å². The zero-order valence-corrected chi connectivity index (χ0v) is 13.2. The molecule has 1 N–H and O–H groups in total. The third-order valence-electron chi connectivity index (χ3n) is 3.30. The van der Waals surface area contributed by atoms with E-state index in [1.165, 1.54) is 13.3 Å². The molecule has 2 aromatic rings. The first-order valence-electron chi connectivity index (χ1n) is 6.50. The van der Waals surface area contributed by atoms with Crippen LogP contribution < -0.4 is 10.2 Å². The van der Waals surface area contributed by atoms with Crippen LogP contribution in [-0.4, -0.2) is 31.3 Å². The van der Waals surface area contributed by atoms with Crippen LogP contribution in [0.3, 0.4) is 0 Å². The maximum atomic E-state index is 13.1. The summed E-state index contributed by atoms with van der Waals surface area (Å²) in [5.41, 5.74) is 1.46. The molecule has 0 unspecified atom stereocenters. The summed E-state index contributed by atoms with van der Waals surface area (Å²) in [4.78, 5) is 5.88. The van der Waals surface area contributed by atoms with Crippen LogP contribution in [0.4, 0.5) is 5.69 Å². The normalized spacial score (nSPS) is 15.2. The summed E-state index contributed by atoms with van der Waals surface area (Å²) < 4.78 is 18.3. The van der Waals surface area contributed by atoms with Crippen molar-refractivity contribution in [2.24, 2.45) is 0 Å². The number of benzene rings is 1. The highest BCUT2D eigenvalue weighted by atomic mass is 31.2. The van der Waals surface area contributed by atoms with Gasteiger partial charge in [-0.25, -0.2) is 0 Å².